The van der Waals surface area contributed by atoms with Gasteiger partial charge in [-0.15, -0.1) is 0 Å². The number of aromatic nitrogens is 2. The number of para-hydroxylation sites is 2. The average molecular weight is 229 g/mol. The number of allylic oxidation sites excluding steroid dienone is 1. The van der Waals surface area contributed by atoms with Crippen molar-refractivity contribution in [3.05, 3.63) is 42.9 Å². The van der Waals surface area contributed by atoms with Crippen LogP contribution in [0.15, 0.2) is 42.9 Å². The lowest BCUT2D eigenvalue weighted by Gasteiger charge is -2.19. The van der Waals surface area contributed by atoms with Gasteiger partial charge in [0.1, 0.15) is 0 Å². The van der Waals surface area contributed by atoms with Crippen LogP contribution in [-0.2, 0) is 0 Å². The zero-order valence-corrected chi connectivity index (χ0v) is 10.4. The van der Waals surface area contributed by atoms with Gasteiger partial charge in [-0.1, -0.05) is 25.6 Å². The van der Waals surface area contributed by atoms with Crippen molar-refractivity contribution in [2.45, 2.75) is 26.3 Å². The molecule has 17 heavy (non-hydrogen) atoms. The van der Waals surface area contributed by atoms with E-state index >= 15 is 0 Å². The van der Waals surface area contributed by atoms with Crippen molar-refractivity contribution in [3.8, 4) is 0 Å². The third-order valence-electron chi connectivity index (χ3n) is 3.28. The smallest absolute Gasteiger partial charge is 0.0960 e. The van der Waals surface area contributed by atoms with Crippen LogP contribution in [0.4, 0.5) is 0 Å². The number of fused-ring (bicyclic) bond motifs is 1. The molecule has 0 radical (unpaired) electrons. The predicted octanol–water partition coefficient (Wildman–Crippen LogP) is 3.10. The Labute approximate surface area is 102 Å². The highest BCUT2D eigenvalue weighted by Crippen LogP contribution is 2.24. The van der Waals surface area contributed by atoms with Crippen LogP contribution in [0.25, 0.3) is 11.0 Å². The molecule has 1 heterocycles. The molecule has 90 valence electrons. The van der Waals surface area contributed by atoms with E-state index in [0.717, 1.165) is 17.6 Å². The van der Waals surface area contributed by atoms with Crippen molar-refractivity contribution < 1.29 is 0 Å². The number of rotatable bonds is 4. The van der Waals surface area contributed by atoms with Crippen LogP contribution in [-0.4, -0.2) is 9.55 Å². The molecule has 1 aromatic heterocycles. The molecule has 1 aromatic carbocycles. The molecule has 2 rings (SSSR count). The Balaban J connectivity index is 2.25. The molecule has 2 unspecified atom stereocenters. The van der Waals surface area contributed by atoms with Gasteiger partial charge in [-0.05, 0) is 31.4 Å². The topological polar surface area (TPSA) is 43.8 Å². The quantitative estimate of drug-likeness (QED) is 0.875. The molecule has 0 saturated heterocycles. The first-order valence-corrected chi connectivity index (χ1v) is 5.95. The van der Waals surface area contributed by atoms with Crippen molar-refractivity contribution in [2.75, 3.05) is 0 Å². The predicted molar refractivity (Wildman–Crippen MR) is 71.6 cm³/mol. The monoisotopic (exact) mass is 229 g/mol. The largest absolute Gasteiger partial charge is 0.402 e. The number of hydrogen-bond donors (Lipinski definition) is 1. The van der Waals surface area contributed by atoms with Crippen LogP contribution < -0.4 is 5.73 Å². The lowest BCUT2D eigenvalue weighted by atomic mass is 10.0. The Morgan fingerprint density at radius 2 is 2.12 bits per heavy atom. The van der Waals surface area contributed by atoms with Crippen molar-refractivity contribution in [3.63, 3.8) is 0 Å². The number of imidazole rings is 1. The molecule has 0 fully saturated rings. The standard InChI is InChI=1S/C14H19N3/c1-10(12(3)15)8-11(2)17-9-16-13-6-4-5-7-14(13)17/h4-7,9-11H,3,8,15H2,1-2H3. The van der Waals surface area contributed by atoms with E-state index < -0.39 is 0 Å². The highest BCUT2D eigenvalue weighted by atomic mass is 15.1. The third kappa shape index (κ3) is 2.33. The number of nitrogens with two attached hydrogens (primary N) is 1. The molecular formula is C14H19N3. The van der Waals surface area contributed by atoms with Crippen LogP contribution in [0.3, 0.4) is 0 Å². The summed E-state index contributed by atoms with van der Waals surface area (Å²) < 4.78 is 2.20. The van der Waals surface area contributed by atoms with E-state index in [4.69, 9.17) is 5.73 Å². The van der Waals surface area contributed by atoms with Crippen molar-refractivity contribution in [1.29, 1.82) is 0 Å². The Hall–Kier alpha value is -1.77. The van der Waals surface area contributed by atoms with E-state index in [-0.39, 0.29) is 0 Å². The Morgan fingerprint density at radius 3 is 2.82 bits per heavy atom. The van der Waals surface area contributed by atoms with Gasteiger partial charge < -0.3 is 10.3 Å². The van der Waals surface area contributed by atoms with Gasteiger partial charge in [0.15, 0.2) is 0 Å². The first-order valence-electron chi connectivity index (χ1n) is 5.95. The highest BCUT2D eigenvalue weighted by Gasteiger charge is 2.13. The van der Waals surface area contributed by atoms with E-state index in [0.29, 0.717) is 12.0 Å². The van der Waals surface area contributed by atoms with Gasteiger partial charge in [0.25, 0.3) is 0 Å². The van der Waals surface area contributed by atoms with Gasteiger partial charge in [-0.25, -0.2) is 4.98 Å². The number of hydrogen-bond acceptors (Lipinski definition) is 2. The SMILES string of the molecule is C=C(N)C(C)CC(C)n1cnc2ccccc21. The van der Waals surface area contributed by atoms with Crippen LogP contribution in [0, 0.1) is 5.92 Å². The van der Waals surface area contributed by atoms with Crippen molar-refractivity contribution in [1.82, 2.24) is 9.55 Å². The molecule has 2 N–H and O–H groups in total. The number of benzene rings is 1. The summed E-state index contributed by atoms with van der Waals surface area (Å²) in [5.74, 6) is 0.325. The normalized spacial score (nSPS) is 14.7. The minimum Gasteiger partial charge on any atom is -0.402 e. The van der Waals surface area contributed by atoms with Crippen molar-refractivity contribution >= 4 is 11.0 Å². The lowest BCUT2D eigenvalue weighted by Crippen LogP contribution is -2.13. The number of nitrogens with zero attached hydrogens (tertiary/aromatic N) is 2. The van der Waals surface area contributed by atoms with Gasteiger partial charge in [0, 0.05) is 11.7 Å². The van der Waals surface area contributed by atoms with Gasteiger partial charge in [0.2, 0.25) is 0 Å². The zero-order valence-electron chi connectivity index (χ0n) is 10.4. The summed E-state index contributed by atoms with van der Waals surface area (Å²) in [6, 6.07) is 8.55. The van der Waals surface area contributed by atoms with E-state index in [2.05, 4.69) is 36.0 Å². The molecule has 0 aliphatic rings. The van der Waals surface area contributed by atoms with E-state index in [1.165, 1.54) is 5.52 Å². The summed E-state index contributed by atoms with van der Waals surface area (Å²) in [4.78, 5) is 4.40. The minimum absolute atomic E-state index is 0.325. The molecular weight excluding hydrogens is 210 g/mol. The van der Waals surface area contributed by atoms with Gasteiger partial charge in [-0.2, -0.15) is 0 Å². The van der Waals surface area contributed by atoms with Crippen molar-refractivity contribution in [2.24, 2.45) is 11.7 Å². The maximum absolute atomic E-state index is 5.73. The van der Waals surface area contributed by atoms with Crippen LogP contribution >= 0.6 is 0 Å². The molecule has 0 saturated carbocycles. The molecule has 0 aliphatic carbocycles. The molecule has 0 spiro atoms. The summed E-state index contributed by atoms with van der Waals surface area (Å²) in [6.45, 7) is 8.10. The first kappa shape index (κ1) is 11.7. The Kier molecular flexibility index (Phi) is 3.18. The Bertz CT molecular complexity index is 527. The molecule has 0 amide bonds. The van der Waals surface area contributed by atoms with Crippen LogP contribution in [0.5, 0.6) is 0 Å². The summed E-state index contributed by atoms with van der Waals surface area (Å²) in [5.41, 5.74) is 8.70. The van der Waals surface area contributed by atoms with Gasteiger partial charge in [0.05, 0.1) is 17.4 Å². The minimum atomic E-state index is 0.325. The summed E-state index contributed by atoms with van der Waals surface area (Å²) >= 11 is 0. The second-order valence-electron chi connectivity index (χ2n) is 4.70. The lowest BCUT2D eigenvalue weighted by molar-refractivity contribution is 0.447. The third-order valence-corrected chi connectivity index (χ3v) is 3.28. The fraction of sp³-hybridized carbons (Fsp3) is 0.357. The molecule has 0 aliphatic heterocycles. The fourth-order valence-electron chi connectivity index (χ4n) is 2.11. The molecule has 3 nitrogen and oxygen atoms in total. The summed E-state index contributed by atoms with van der Waals surface area (Å²) in [5, 5.41) is 0. The maximum Gasteiger partial charge on any atom is 0.0960 e. The Morgan fingerprint density at radius 1 is 1.41 bits per heavy atom. The summed E-state index contributed by atoms with van der Waals surface area (Å²) in [6.07, 6.45) is 2.89. The van der Waals surface area contributed by atoms with E-state index in [9.17, 15) is 0 Å². The molecule has 0 bridgehead atoms. The van der Waals surface area contributed by atoms with Crippen LogP contribution in [0.1, 0.15) is 26.3 Å². The van der Waals surface area contributed by atoms with E-state index in [1.54, 1.807) is 0 Å². The highest BCUT2D eigenvalue weighted by molar-refractivity contribution is 5.75. The van der Waals surface area contributed by atoms with Gasteiger partial charge >= 0.3 is 0 Å². The average Bonchev–Trinajstić information content (AvgIpc) is 2.72. The van der Waals surface area contributed by atoms with Gasteiger partial charge in [-0.3, -0.25) is 0 Å². The zero-order chi connectivity index (χ0) is 12.4. The maximum atomic E-state index is 5.73. The van der Waals surface area contributed by atoms with E-state index in [1.807, 2.05) is 24.5 Å². The summed E-state index contributed by atoms with van der Waals surface area (Å²) in [7, 11) is 0. The fourth-order valence-corrected chi connectivity index (χ4v) is 2.11. The first-order chi connectivity index (χ1) is 8.09. The second kappa shape index (κ2) is 4.62. The second-order valence-corrected chi connectivity index (χ2v) is 4.70. The van der Waals surface area contributed by atoms with Crippen LogP contribution in [0.2, 0.25) is 0 Å². The molecule has 2 atom stereocenters. The molecule has 3 heteroatoms. The molecule has 2 aromatic rings.